The average Bonchev–Trinajstić information content (AvgIpc) is 2.12. The van der Waals surface area contributed by atoms with Crippen LogP contribution in [-0.2, 0) is 4.79 Å². The van der Waals surface area contributed by atoms with Gasteiger partial charge in [0.25, 0.3) is 0 Å². The minimum Gasteiger partial charge on any atom is -0.356 e. The zero-order chi connectivity index (χ0) is 11.3. The van der Waals surface area contributed by atoms with Crippen molar-refractivity contribution < 1.29 is 4.79 Å². The number of hydrogen-bond donors (Lipinski definition) is 2. The maximum atomic E-state index is 11.2. The largest absolute Gasteiger partial charge is 0.356 e. The van der Waals surface area contributed by atoms with E-state index in [9.17, 15) is 4.79 Å². The van der Waals surface area contributed by atoms with Gasteiger partial charge in [0.05, 0.1) is 0 Å². The van der Waals surface area contributed by atoms with E-state index in [1.54, 1.807) is 0 Å². The van der Waals surface area contributed by atoms with Crippen molar-refractivity contribution in [1.82, 2.24) is 10.2 Å². The summed E-state index contributed by atoms with van der Waals surface area (Å²) in [5, 5.41) is 2.80. The van der Waals surface area contributed by atoms with E-state index in [4.69, 9.17) is 5.73 Å². The summed E-state index contributed by atoms with van der Waals surface area (Å²) in [5.41, 5.74) is 6.15. The lowest BCUT2D eigenvalue weighted by molar-refractivity contribution is -0.121. The number of carbonyl (C=O) groups excluding carboxylic acids is 1. The zero-order valence-corrected chi connectivity index (χ0v) is 9.88. The van der Waals surface area contributed by atoms with Gasteiger partial charge in [0, 0.05) is 38.1 Å². The lowest BCUT2D eigenvalue weighted by atomic mass is 9.86. The van der Waals surface area contributed by atoms with Gasteiger partial charge >= 0.3 is 0 Å². The predicted molar refractivity (Wildman–Crippen MR) is 61.6 cm³/mol. The fourth-order valence-corrected chi connectivity index (χ4v) is 2.20. The molecule has 1 fully saturated rings. The van der Waals surface area contributed by atoms with E-state index in [1.807, 2.05) is 6.92 Å². The van der Waals surface area contributed by atoms with E-state index in [-0.39, 0.29) is 11.4 Å². The molecule has 0 unspecified atom stereocenters. The second kappa shape index (κ2) is 5.47. The second-order valence-electron chi connectivity index (χ2n) is 4.53. The van der Waals surface area contributed by atoms with Crippen molar-refractivity contribution in [3.05, 3.63) is 0 Å². The summed E-state index contributed by atoms with van der Waals surface area (Å²) in [6.07, 6.45) is 2.82. The quantitative estimate of drug-likeness (QED) is 0.668. The van der Waals surface area contributed by atoms with Crippen LogP contribution in [0.15, 0.2) is 0 Å². The van der Waals surface area contributed by atoms with E-state index in [2.05, 4.69) is 17.1 Å². The summed E-state index contributed by atoms with van der Waals surface area (Å²) in [5.74, 6) is 0.141. The topological polar surface area (TPSA) is 58.4 Å². The third kappa shape index (κ3) is 3.80. The van der Waals surface area contributed by atoms with Crippen LogP contribution in [0.5, 0.6) is 0 Å². The fraction of sp³-hybridized carbons (Fsp3) is 0.909. The Labute approximate surface area is 92.2 Å². The molecule has 88 valence electrons. The molecule has 0 aromatic heterocycles. The molecule has 15 heavy (non-hydrogen) atoms. The van der Waals surface area contributed by atoms with Crippen molar-refractivity contribution in [2.45, 2.75) is 38.6 Å². The molecular weight excluding hydrogens is 190 g/mol. The smallest absolute Gasteiger partial charge is 0.221 e. The molecule has 0 aromatic carbocycles. The minimum absolute atomic E-state index is 0.0238. The monoisotopic (exact) mass is 213 g/mol. The molecule has 4 nitrogen and oxygen atoms in total. The predicted octanol–water partition coefficient (Wildman–Crippen LogP) is 0.326. The van der Waals surface area contributed by atoms with Crippen molar-refractivity contribution in [1.29, 1.82) is 0 Å². The minimum atomic E-state index is 0.0238. The SMILES string of the molecule is CCCC1(N)CN(CCC(=O)NCC)C1. The summed E-state index contributed by atoms with van der Waals surface area (Å²) in [6.45, 7) is 7.55. The van der Waals surface area contributed by atoms with Gasteiger partial charge < -0.3 is 11.1 Å². The van der Waals surface area contributed by atoms with Gasteiger partial charge in [-0.05, 0) is 13.3 Å². The Bertz CT molecular complexity index is 212. The number of nitrogens with zero attached hydrogens (tertiary/aromatic N) is 1. The molecule has 0 bridgehead atoms. The molecule has 0 aliphatic carbocycles. The van der Waals surface area contributed by atoms with Crippen LogP contribution in [0.25, 0.3) is 0 Å². The summed E-state index contributed by atoms with van der Waals surface area (Å²) < 4.78 is 0. The number of amides is 1. The molecule has 1 rings (SSSR count). The molecule has 1 heterocycles. The lowest BCUT2D eigenvalue weighted by Crippen LogP contribution is -2.67. The first-order chi connectivity index (χ1) is 7.09. The van der Waals surface area contributed by atoms with Gasteiger partial charge in [-0.1, -0.05) is 13.3 Å². The first-order valence-corrected chi connectivity index (χ1v) is 5.87. The molecular formula is C11H23N3O. The Morgan fingerprint density at radius 1 is 1.47 bits per heavy atom. The first kappa shape index (κ1) is 12.5. The number of rotatable bonds is 6. The molecule has 3 N–H and O–H groups in total. The van der Waals surface area contributed by atoms with Crippen LogP contribution in [0, 0.1) is 0 Å². The molecule has 4 heteroatoms. The van der Waals surface area contributed by atoms with Gasteiger partial charge in [-0.2, -0.15) is 0 Å². The zero-order valence-electron chi connectivity index (χ0n) is 9.88. The van der Waals surface area contributed by atoms with Gasteiger partial charge in [0.15, 0.2) is 0 Å². The summed E-state index contributed by atoms with van der Waals surface area (Å²) >= 11 is 0. The highest BCUT2D eigenvalue weighted by atomic mass is 16.1. The molecule has 0 saturated carbocycles. The third-order valence-corrected chi connectivity index (χ3v) is 2.85. The molecule has 1 aliphatic rings. The average molecular weight is 213 g/mol. The van der Waals surface area contributed by atoms with Crippen molar-refractivity contribution in [3.63, 3.8) is 0 Å². The molecule has 1 amide bonds. The van der Waals surface area contributed by atoms with E-state index in [1.165, 1.54) is 0 Å². The fourth-order valence-electron chi connectivity index (χ4n) is 2.20. The first-order valence-electron chi connectivity index (χ1n) is 5.87. The lowest BCUT2D eigenvalue weighted by Gasteiger charge is -2.48. The molecule has 0 aromatic rings. The highest BCUT2D eigenvalue weighted by Gasteiger charge is 2.37. The molecule has 0 atom stereocenters. The van der Waals surface area contributed by atoms with Crippen LogP contribution in [-0.4, -0.2) is 42.5 Å². The van der Waals surface area contributed by atoms with E-state index in [0.29, 0.717) is 6.42 Å². The molecule has 0 spiro atoms. The van der Waals surface area contributed by atoms with Crippen molar-refractivity contribution in [2.75, 3.05) is 26.2 Å². The van der Waals surface area contributed by atoms with E-state index < -0.39 is 0 Å². The number of likely N-dealkylation sites (tertiary alicyclic amines) is 1. The van der Waals surface area contributed by atoms with E-state index in [0.717, 1.165) is 39.0 Å². The van der Waals surface area contributed by atoms with Crippen LogP contribution in [0.2, 0.25) is 0 Å². The summed E-state index contributed by atoms with van der Waals surface area (Å²) in [6, 6.07) is 0. The van der Waals surface area contributed by atoms with Crippen LogP contribution in [0.1, 0.15) is 33.1 Å². The Balaban J connectivity index is 2.10. The Hall–Kier alpha value is -0.610. The van der Waals surface area contributed by atoms with E-state index >= 15 is 0 Å². The highest BCUT2D eigenvalue weighted by molar-refractivity contribution is 5.75. The normalized spacial score (nSPS) is 19.7. The van der Waals surface area contributed by atoms with Crippen LogP contribution < -0.4 is 11.1 Å². The van der Waals surface area contributed by atoms with Crippen molar-refractivity contribution >= 4 is 5.91 Å². The summed E-state index contributed by atoms with van der Waals surface area (Å²) in [4.78, 5) is 13.5. The second-order valence-corrected chi connectivity index (χ2v) is 4.53. The molecule has 1 aliphatic heterocycles. The number of nitrogens with one attached hydrogen (secondary N) is 1. The molecule has 1 saturated heterocycles. The Kier molecular flexibility index (Phi) is 4.54. The van der Waals surface area contributed by atoms with Gasteiger partial charge in [-0.3, -0.25) is 9.69 Å². The third-order valence-electron chi connectivity index (χ3n) is 2.85. The maximum absolute atomic E-state index is 11.2. The molecule has 0 radical (unpaired) electrons. The number of nitrogens with two attached hydrogens (primary N) is 1. The number of carbonyl (C=O) groups is 1. The summed E-state index contributed by atoms with van der Waals surface area (Å²) in [7, 11) is 0. The van der Waals surface area contributed by atoms with Crippen LogP contribution >= 0.6 is 0 Å². The van der Waals surface area contributed by atoms with Gasteiger partial charge in [0.1, 0.15) is 0 Å². The highest BCUT2D eigenvalue weighted by Crippen LogP contribution is 2.22. The van der Waals surface area contributed by atoms with Gasteiger partial charge in [0.2, 0.25) is 5.91 Å². The Morgan fingerprint density at radius 2 is 2.13 bits per heavy atom. The van der Waals surface area contributed by atoms with Gasteiger partial charge in [-0.15, -0.1) is 0 Å². The van der Waals surface area contributed by atoms with Gasteiger partial charge in [-0.25, -0.2) is 0 Å². The standard InChI is InChI=1S/C11H23N3O/c1-3-6-11(12)8-14(9-11)7-5-10(15)13-4-2/h3-9,12H2,1-2H3,(H,13,15). The Morgan fingerprint density at radius 3 is 2.67 bits per heavy atom. The van der Waals surface area contributed by atoms with Crippen LogP contribution in [0.3, 0.4) is 0 Å². The van der Waals surface area contributed by atoms with Crippen molar-refractivity contribution in [2.24, 2.45) is 5.73 Å². The van der Waals surface area contributed by atoms with Crippen molar-refractivity contribution in [3.8, 4) is 0 Å². The maximum Gasteiger partial charge on any atom is 0.221 e. The number of hydrogen-bond acceptors (Lipinski definition) is 3. The van der Waals surface area contributed by atoms with Crippen LogP contribution in [0.4, 0.5) is 0 Å².